The highest BCUT2D eigenvalue weighted by atomic mass is 35.5. The molecule has 1 atom stereocenters. The van der Waals surface area contributed by atoms with Crippen molar-refractivity contribution in [2.45, 2.75) is 45.8 Å². The van der Waals surface area contributed by atoms with Gasteiger partial charge in [0.2, 0.25) is 0 Å². The number of rotatable bonds is 2. The quantitative estimate of drug-likeness (QED) is 0.801. The predicted molar refractivity (Wildman–Crippen MR) is 114 cm³/mol. The zero-order valence-corrected chi connectivity index (χ0v) is 18.1. The molecule has 1 aliphatic heterocycles. The molecule has 1 aromatic carbocycles. The second-order valence-corrected chi connectivity index (χ2v) is 8.69. The van der Waals surface area contributed by atoms with Crippen LogP contribution in [-0.2, 0) is 4.74 Å². The summed E-state index contributed by atoms with van der Waals surface area (Å²) < 4.78 is 7.01. The minimum atomic E-state index is -0.554. The van der Waals surface area contributed by atoms with Crippen LogP contribution in [0.25, 0.3) is 10.9 Å². The van der Waals surface area contributed by atoms with Gasteiger partial charge in [-0.15, -0.1) is 0 Å². The van der Waals surface area contributed by atoms with Crippen molar-refractivity contribution in [1.82, 2.24) is 14.6 Å². The van der Waals surface area contributed by atoms with Crippen molar-refractivity contribution in [2.24, 2.45) is 5.73 Å². The average molecular weight is 422 g/mol. The van der Waals surface area contributed by atoms with Crippen LogP contribution in [0.3, 0.4) is 0 Å². The third-order valence-corrected chi connectivity index (χ3v) is 4.98. The summed E-state index contributed by atoms with van der Waals surface area (Å²) in [7, 11) is 0. The first kappa shape index (κ1) is 21.4. The van der Waals surface area contributed by atoms with E-state index < -0.39 is 11.6 Å². The molecule has 2 heterocycles. The van der Waals surface area contributed by atoms with Crippen LogP contribution in [0, 0.1) is 0 Å². The first-order chi connectivity index (χ1) is 13.6. The van der Waals surface area contributed by atoms with Crippen molar-refractivity contribution >= 4 is 28.6 Å². The zero-order valence-electron chi connectivity index (χ0n) is 17.3. The fraction of sp³-hybridized carbons (Fsp3) is 0.550. The summed E-state index contributed by atoms with van der Waals surface area (Å²) in [5.41, 5.74) is 5.86. The molecular formula is C20H28ClN5O3. The van der Waals surface area contributed by atoms with Crippen LogP contribution in [0.15, 0.2) is 23.0 Å². The number of carbonyl (C=O) groups excluding carboxylic acids is 1. The van der Waals surface area contributed by atoms with Gasteiger partial charge >= 0.3 is 6.09 Å². The van der Waals surface area contributed by atoms with Crippen molar-refractivity contribution in [2.75, 3.05) is 31.2 Å². The van der Waals surface area contributed by atoms with Gasteiger partial charge < -0.3 is 20.4 Å². The van der Waals surface area contributed by atoms with E-state index in [0.29, 0.717) is 54.3 Å². The number of hydrogen-bond acceptors (Lipinski definition) is 6. The summed E-state index contributed by atoms with van der Waals surface area (Å²) in [6, 6.07) is 4.74. The molecule has 1 fully saturated rings. The lowest BCUT2D eigenvalue weighted by atomic mass is 10.2. The Morgan fingerprint density at radius 1 is 1.24 bits per heavy atom. The summed E-state index contributed by atoms with van der Waals surface area (Å²) in [4.78, 5) is 32.0. The van der Waals surface area contributed by atoms with E-state index in [-0.39, 0.29) is 11.7 Å². The number of carbonyl (C=O) groups is 1. The Morgan fingerprint density at radius 3 is 2.62 bits per heavy atom. The van der Waals surface area contributed by atoms with Crippen LogP contribution in [0.1, 0.15) is 46.0 Å². The smallest absolute Gasteiger partial charge is 0.410 e. The average Bonchev–Trinajstić information content (AvgIpc) is 2.86. The molecule has 0 radical (unpaired) electrons. The van der Waals surface area contributed by atoms with E-state index in [2.05, 4.69) is 4.98 Å². The van der Waals surface area contributed by atoms with E-state index in [9.17, 15) is 9.59 Å². The van der Waals surface area contributed by atoms with Gasteiger partial charge in [-0.3, -0.25) is 4.79 Å². The molecule has 1 saturated heterocycles. The summed E-state index contributed by atoms with van der Waals surface area (Å²) in [5, 5.41) is 2.61. The molecule has 9 heteroatoms. The van der Waals surface area contributed by atoms with E-state index >= 15 is 0 Å². The van der Waals surface area contributed by atoms with Crippen LogP contribution >= 0.6 is 11.6 Å². The second kappa shape index (κ2) is 8.20. The van der Waals surface area contributed by atoms with E-state index in [1.165, 1.54) is 4.68 Å². The molecule has 1 amide bonds. The van der Waals surface area contributed by atoms with E-state index in [4.69, 9.17) is 22.1 Å². The van der Waals surface area contributed by atoms with Gasteiger partial charge in [-0.2, -0.15) is 0 Å². The van der Waals surface area contributed by atoms with Crippen molar-refractivity contribution in [1.29, 1.82) is 0 Å². The molecular weight excluding hydrogens is 394 g/mol. The minimum Gasteiger partial charge on any atom is -0.444 e. The molecule has 2 aromatic rings. The number of amides is 1. The number of hydrogen-bond donors (Lipinski definition) is 1. The van der Waals surface area contributed by atoms with Crippen LogP contribution in [0.5, 0.6) is 0 Å². The molecule has 2 N–H and O–H groups in total. The minimum absolute atomic E-state index is 0.251. The standard InChI is InChI=1S/C20H28ClN5O3/c1-13(22)17-23-15-8-5-7-14(21)16(15)18(27)26(17)25-10-6-9-24(11-12-25)19(28)29-20(2,3)4/h5,7-8,13H,6,9-12,22H2,1-4H3. The van der Waals surface area contributed by atoms with Gasteiger partial charge in [0.25, 0.3) is 5.56 Å². The van der Waals surface area contributed by atoms with Gasteiger partial charge in [-0.1, -0.05) is 17.7 Å². The Morgan fingerprint density at radius 2 is 1.97 bits per heavy atom. The third-order valence-electron chi connectivity index (χ3n) is 4.66. The van der Waals surface area contributed by atoms with E-state index in [1.807, 2.05) is 25.8 Å². The Balaban J connectivity index is 1.95. The summed E-state index contributed by atoms with van der Waals surface area (Å²) in [6.45, 7) is 9.33. The normalized spacial score (nSPS) is 16.6. The molecule has 29 heavy (non-hydrogen) atoms. The highest BCUT2D eigenvalue weighted by Gasteiger charge is 2.27. The number of aromatic nitrogens is 2. The van der Waals surface area contributed by atoms with E-state index in [0.717, 1.165) is 0 Å². The van der Waals surface area contributed by atoms with Gasteiger partial charge in [0.1, 0.15) is 11.4 Å². The van der Waals surface area contributed by atoms with Crippen LogP contribution in [0.4, 0.5) is 4.79 Å². The molecule has 0 bridgehead atoms. The summed E-state index contributed by atoms with van der Waals surface area (Å²) >= 11 is 6.29. The Labute approximate surface area is 175 Å². The van der Waals surface area contributed by atoms with Gasteiger partial charge in [-0.25, -0.2) is 14.5 Å². The predicted octanol–water partition coefficient (Wildman–Crippen LogP) is 2.65. The maximum absolute atomic E-state index is 13.3. The maximum Gasteiger partial charge on any atom is 0.410 e. The first-order valence-corrected chi connectivity index (χ1v) is 10.2. The fourth-order valence-electron chi connectivity index (χ4n) is 3.38. The third kappa shape index (κ3) is 4.64. The van der Waals surface area contributed by atoms with Crippen molar-refractivity contribution in [3.05, 3.63) is 39.4 Å². The van der Waals surface area contributed by atoms with Gasteiger partial charge in [0, 0.05) is 19.6 Å². The topological polar surface area (TPSA) is 93.7 Å². The Kier molecular flexibility index (Phi) is 6.05. The van der Waals surface area contributed by atoms with Crippen LogP contribution in [-0.4, -0.2) is 52.4 Å². The number of fused-ring (bicyclic) bond motifs is 1. The number of ether oxygens (including phenoxy) is 1. The molecule has 1 aromatic heterocycles. The number of nitrogens with two attached hydrogens (primary N) is 1. The van der Waals surface area contributed by atoms with Gasteiger partial charge in [0.15, 0.2) is 0 Å². The SMILES string of the molecule is CC(N)c1nc2cccc(Cl)c2c(=O)n1N1CCCN(C(=O)OC(C)(C)C)CC1. The summed E-state index contributed by atoms with van der Waals surface area (Å²) in [6.07, 6.45) is 0.337. The molecule has 8 nitrogen and oxygen atoms in total. The van der Waals surface area contributed by atoms with Gasteiger partial charge in [-0.05, 0) is 46.2 Å². The Bertz CT molecular complexity index is 967. The molecule has 0 aliphatic carbocycles. The van der Waals surface area contributed by atoms with E-state index in [1.54, 1.807) is 30.0 Å². The molecule has 1 unspecified atom stereocenters. The first-order valence-electron chi connectivity index (χ1n) is 9.78. The molecule has 158 valence electrons. The van der Waals surface area contributed by atoms with Crippen LogP contribution in [0.2, 0.25) is 5.02 Å². The second-order valence-electron chi connectivity index (χ2n) is 8.28. The number of benzene rings is 1. The van der Waals surface area contributed by atoms with Crippen molar-refractivity contribution < 1.29 is 9.53 Å². The molecule has 1 aliphatic rings. The van der Waals surface area contributed by atoms with Crippen molar-refractivity contribution in [3.63, 3.8) is 0 Å². The highest BCUT2D eigenvalue weighted by Crippen LogP contribution is 2.21. The molecule has 3 rings (SSSR count). The fourth-order valence-corrected chi connectivity index (χ4v) is 3.63. The van der Waals surface area contributed by atoms with Crippen LogP contribution < -0.4 is 16.3 Å². The maximum atomic E-state index is 13.3. The lowest BCUT2D eigenvalue weighted by Crippen LogP contribution is -2.48. The monoisotopic (exact) mass is 421 g/mol. The summed E-state index contributed by atoms with van der Waals surface area (Å²) in [5.74, 6) is 0.468. The number of halogens is 1. The molecule has 0 spiro atoms. The van der Waals surface area contributed by atoms with Crippen molar-refractivity contribution in [3.8, 4) is 0 Å². The Hall–Kier alpha value is -2.32. The lowest BCUT2D eigenvalue weighted by molar-refractivity contribution is 0.0263. The van der Waals surface area contributed by atoms with Gasteiger partial charge in [0.05, 0.1) is 28.5 Å². The molecule has 0 saturated carbocycles. The largest absolute Gasteiger partial charge is 0.444 e. The number of nitrogens with zero attached hydrogens (tertiary/aromatic N) is 4. The lowest BCUT2D eigenvalue weighted by Gasteiger charge is -2.29. The highest BCUT2D eigenvalue weighted by molar-refractivity contribution is 6.35. The zero-order chi connectivity index (χ0) is 21.3.